The smallest absolute Gasteiger partial charge is 0.323 e. The number of methoxy groups -OCH3 is 1. The molecule has 5 heteroatoms. The lowest BCUT2D eigenvalue weighted by Gasteiger charge is -2.33. The summed E-state index contributed by atoms with van der Waals surface area (Å²) in [6.45, 7) is 1.70. The highest BCUT2D eigenvalue weighted by Gasteiger charge is 2.30. The largest absolute Gasteiger partial charge is 0.468 e. The molecular formula is C16H25N3O2. The molecule has 5 nitrogen and oxygen atoms in total. The Labute approximate surface area is 126 Å². The molecule has 0 bridgehead atoms. The first-order valence-electron chi connectivity index (χ1n) is 8.14. The summed E-state index contributed by atoms with van der Waals surface area (Å²) in [5.41, 5.74) is 1.07. The number of rotatable bonds is 4. The summed E-state index contributed by atoms with van der Waals surface area (Å²) in [6, 6.07) is 2.58. The Morgan fingerprint density at radius 3 is 2.81 bits per heavy atom. The summed E-state index contributed by atoms with van der Waals surface area (Å²) in [5.74, 6) is -0.107. The van der Waals surface area contributed by atoms with E-state index in [1.54, 1.807) is 0 Å². The Kier molecular flexibility index (Phi) is 4.58. The van der Waals surface area contributed by atoms with Crippen LogP contribution in [0.5, 0.6) is 0 Å². The molecule has 2 heterocycles. The van der Waals surface area contributed by atoms with E-state index in [1.807, 2.05) is 0 Å². The Balaban J connectivity index is 1.65. The van der Waals surface area contributed by atoms with Crippen molar-refractivity contribution in [2.24, 2.45) is 0 Å². The van der Waals surface area contributed by atoms with Crippen molar-refractivity contribution in [3.63, 3.8) is 0 Å². The van der Waals surface area contributed by atoms with Crippen LogP contribution in [-0.2, 0) is 16.1 Å². The van der Waals surface area contributed by atoms with Crippen LogP contribution < -0.4 is 0 Å². The second-order valence-corrected chi connectivity index (χ2v) is 6.23. The maximum absolute atomic E-state index is 11.9. The van der Waals surface area contributed by atoms with Crippen molar-refractivity contribution in [3.05, 3.63) is 18.0 Å². The number of esters is 1. The van der Waals surface area contributed by atoms with Crippen LogP contribution in [0, 0.1) is 0 Å². The lowest BCUT2D eigenvalue weighted by molar-refractivity contribution is -0.148. The highest BCUT2D eigenvalue weighted by Crippen LogP contribution is 2.29. The molecule has 1 saturated heterocycles. The van der Waals surface area contributed by atoms with Crippen LogP contribution >= 0.6 is 0 Å². The van der Waals surface area contributed by atoms with Gasteiger partial charge in [-0.1, -0.05) is 19.3 Å². The maximum atomic E-state index is 11.9. The van der Waals surface area contributed by atoms with E-state index in [0.717, 1.165) is 38.0 Å². The van der Waals surface area contributed by atoms with Crippen LogP contribution in [-0.4, -0.2) is 40.3 Å². The van der Waals surface area contributed by atoms with E-state index in [2.05, 4.69) is 21.8 Å². The van der Waals surface area contributed by atoms with Crippen LogP contribution in [0.15, 0.2) is 12.3 Å². The summed E-state index contributed by atoms with van der Waals surface area (Å²) < 4.78 is 7.06. The van der Waals surface area contributed by atoms with Crippen molar-refractivity contribution >= 4 is 5.97 Å². The van der Waals surface area contributed by atoms with Gasteiger partial charge in [-0.2, -0.15) is 5.10 Å². The predicted molar refractivity (Wildman–Crippen MR) is 79.8 cm³/mol. The van der Waals surface area contributed by atoms with Gasteiger partial charge in [0.15, 0.2) is 0 Å². The van der Waals surface area contributed by atoms with E-state index in [4.69, 9.17) is 9.84 Å². The lowest BCUT2D eigenvalue weighted by atomic mass is 10.0. The van der Waals surface area contributed by atoms with Crippen molar-refractivity contribution in [3.8, 4) is 0 Å². The molecule has 1 aromatic heterocycles. The molecule has 116 valence electrons. The number of piperidine rings is 1. The number of aromatic nitrogens is 2. The molecular weight excluding hydrogens is 266 g/mol. The van der Waals surface area contributed by atoms with Gasteiger partial charge in [-0.05, 0) is 38.3 Å². The Bertz CT molecular complexity index is 480. The van der Waals surface area contributed by atoms with Gasteiger partial charge in [0.05, 0.1) is 18.8 Å². The van der Waals surface area contributed by atoms with E-state index in [9.17, 15) is 4.79 Å². The monoisotopic (exact) mass is 291 g/mol. The Hall–Kier alpha value is -1.36. The highest BCUT2D eigenvalue weighted by molar-refractivity contribution is 5.75. The van der Waals surface area contributed by atoms with Crippen LogP contribution in [0.1, 0.15) is 56.7 Å². The molecule has 1 aliphatic heterocycles. The van der Waals surface area contributed by atoms with Crippen molar-refractivity contribution in [2.75, 3.05) is 13.7 Å². The minimum absolute atomic E-state index is 0.0969. The molecule has 1 aromatic rings. The molecule has 0 amide bonds. The molecule has 3 rings (SSSR count). The van der Waals surface area contributed by atoms with Gasteiger partial charge >= 0.3 is 5.97 Å². The molecule has 0 spiro atoms. The molecule has 2 fully saturated rings. The molecule has 0 radical (unpaired) electrons. The summed E-state index contributed by atoms with van der Waals surface area (Å²) in [7, 11) is 1.48. The fraction of sp³-hybridized carbons (Fsp3) is 0.750. The van der Waals surface area contributed by atoms with Gasteiger partial charge in [-0.25, -0.2) is 0 Å². The zero-order valence-electron chi connectivity index (χ0n) is 12.8. The molecule has 0 unspecified atom stereocenters. The molecule has 1 saturated carbocycles. The van der Waals surface area contributed by atoms with Gasteiger partial charge in [0, 0.05) is 12.7 Å². The fourth-order valence-corrected chi connectivity index (χ4v) is 3.63. The summed E-state index contributed by atoms with van der Waals surface area (Å²) in [6.07, 6.45) is 10.4. The van der Waals surface area contributed by atoms with Crippen LogP contribution in [0.4, 0.5) is 0 Å². The zero-order valence-corrected chi connectivity index (χ0v) is 12.8. The molecule has 21 heavy (non-hydrogen) atoms. The van der Waals surface area contributed by atoms with E-state index >= 15 is 0 Å². The topological polar surface area (TPSA) is 47.4 Å². The minimum Gasteiger partial charge on any atom is -0.468 e. The average molecular weight is 291 g/mol. The first-order valence-corrected chi connectivity index (χ1v) is 8.14. The average Bonchev–Trinajstić information content (AvgIpc) is 3.18. The number of carbonyl (C=O) groups is 1. The van der Waals surface area contributed by atoms with Crippen LogP contribution in [0.25, 0.3) is 0 Å². The van der Waals surface area contributed by atoms with Gasteiger partial charge in [0.1, 0.15) is 6.04 Å². The second kappa shape index (κ2) is 6.60. The molecule has 0 aromatic carbocycles. The number of ether oxygens (including phenoxy) is 1. The van der Waals surface area contributed by atoms with E-state index in [1.165, 1.54) is 32.8 Å². The summed E-state index contributed by atoms with van der Waals surface area (Å²) >= 11 is 0. The number of likely N-dealkylation sites (tertiary alicyclic amines) is 1. The van der Waals surface area contributed by atoms with Crippen molar-refractivity contribution in [1.82, 2.24) is 14.7 Å². The van der Waals surface area contributed by atoms with E-state index < -0.39 is 0 Å². The van der Waals surface area contributed by atoms with Crippen LogP contribution in [0.3, 0.4) is 0 Å². The van der Waals surface area contributed by atoms with Crippen LogP contribution in [0.2, 0.25) is 0 Å². The van der Waals surface area contributed by atoms with E-state index in [-0.39, 0.29) is 12.0 Å². The normalized spacial score (nSPS) is 24.3. The molecule has 1 atom stereocenters. The highest BCUT2D eigenvalue weighted by atomic mass is 16.5. The molecule has 2 aliphatic rings. The van der Waals surface area contributed by atoms with Gasteiger partial charge in [0.2, 0.25) is 0 Å². The lowest BCUT2D eigenvalue weighted by Crippen LogP contribution is -2.44. The first-order chi connectivity index (χ1) is 10.3. The third kappa shape index (κ3) is 3.28. The van der Waals surface area contributed by atoms with Crippen molar-refractivity contribution < 1.29 is 9.53 Å². The van der Waals surface area contributed by atoms with Crippen molar-refractivity contribution in [1.29, 1.82) is 0 Å². The number of hydrogen-bond donors (Lipinski definition) is 0. The quantitative estimate of drug-likeness (QED) is 0.800. The van der Waals surface area contributed by atoms with Gasteiger partial charge in [-0.3, -0.25) is 14.4 Å². The van der Waals surface area contributed by atoms with Gasteiger partial charge in [0.25, 0.3) is 0 Å². The molecule has 0 N–H and O–H groups in total. The third-order valence-corrected chi connectivity index (χ3v) is 4.81. The SMILES string of the molecule is COC(=O)[C@H]1CCCCN1Cc1ccn(C2CCCC2)n1. The zero-order chi connectivity index (χ0) is 14.7. The second-order valence-electron chi connectivity index (χ2n) is 6.23. The maximum Gasteiger partial charge on any atom is 0.323 e. The third-order valence-electron chi connectivity index (χ3n) is 4.81. The standard InChI is InChI=1S/C16H25N3O2/c1-21-16(20)15-8-4-5-10-18(15)12-13-9-11-19(17-13)14-6-2-3-7-14/h9,11,14-15H,2-8,10,12H2,1H3/t15-/m1/s1. The molecule has 1 aliphatic carbocycles. The summed E-state index contributed by atoms with van der Waals surface area (Å²) in [4.78, 5) is 14.1. The van der Waals surface area contributed by atoms with Gasteiger partial charge in [-0.15, -0.1) is 0 Å². The van der Waals surface area contributed by atoms with Gasteiger partial charge < -0.3 is 4.74 Å². The number of nitrogens with zero attached hydrogens (tertiary/aromatic N) is 3. The fourth-order valence-electron chi connectivity index (χ4n) is 3.63. The Morgan fingerprint density at radius 1 is 1.29 bits per heavy atom. The minimum atomic E-state index is -0.107. The first kappa shape index (κ1) is 14.6. The van der Waals surface area contributed by atoms with Crippen molar-refractivity contribution in [2.45, 2.75) is 63.6 Å². The number of hydrogen-bond acceptors (Lipinski definition) is 4. The Morgan fingerprint density at radius 2 is 2.05 bits per heavy atom. The predicted octanol–water partition coefficient (Wildman–Crippen LogP) is 2.53. The van der Waals surface area contributed by atoms with E-state index in [0.29, 0.717) is 6.04 Å². The summed E-state index contributed by atoms with van der Waals surface area (Å²) in [5, 5.41) is 4.73. The number of carbonyl (C=O) groups excluding carboxylic acids is 1.